The average molecular weight is 865 g/mol. The summed E-state index contributed by atoms with van der Waals surface area (Å²) in [5, 5.41) is 12.6. The van der Waals surface area contributed by atoms with Crippen LogP contribution in [0.25, 0.3) is 0 Å². The monoisotopic (exact) mass is 865 g/mol. The first-order valence-electron chi connectivity index (χ1n) is 22.4. The minimum Gasteiger partial charge on any atom is -0.508 e. The van der Waals surface area contributed by atoms with Crippen LogP contribution in [0.4, 0.5) is 0 Å². The van der Waals surface area contributed by atoms with Crippen molar-refractivity contribution in [3.05, 3.63) is 65.7 Å². The Morgan fingerprint density at radius 3 is 2.05 bits per heavy atom. The van der Waals surface area contributed by atoms with Gasteiger partial charge >= 0.3 is 5.97 Å². The minimum absolute atomic E-state index is 0.00462. The van der Waals surface area contributed by atoms with Crippen molar-refractivity contribution in [3.63, 3.8) is 0 Å². The highest BCUT2D eigenvalue weighted by atomic mass is 16.5. The molecule has 0 aliphatic carbocycles. The Hall–Kier alpha value is -4.33. The maximum Gasteiger partial charge on any atom is 0.328 e. The molecule has 3 amide bonds. The first-order valence-corrected chi connectivity index (χ1v) is 22.4. The molecule has 0 radical (unpaired) electrons. The first-order chi connectivity index (χ1) is 29.4. The second-order valence-electron chi connectivity index (χ2n) is 18.0. The van der Waals surface area contributed by atoms with Gasteiger partial charge in [-0.15, -0.1) is 0 Å². The minimum atomic E-state index is -0.898. The van der Waals surface area contributed by atoms with Gasteiger partial charge in [-0.1, -0.05) is 97.4 Å². The van der Waals surface area contributed by atoms with Crippen LogP contribution >= 0.6 is 0 Å². The third-order valence-electron chi connectivity index (χ3n) is 13.0. The van der Waals surface area contributed by atoms with Crippen molar-refractivity contribution in [2.24, 2.45) is 29.6 Å². The number of aromatic hydroxyl groups is 1. The Morgan fingerprint density at radius 1 is 0.855 bits per heavy atom. The van der Waals surface area contributed by atoms with Crippen LogP contribution in [-0.4, -0.2) is 134 Å². The van der Waals surface area contributed by atoms with Gasteiger partial charge in [0.25, 0.3) is 0 Å². The predicted octanol–water partition coefficient (Wildman–Crippen LogP) is 5.94. The van der Waals surface area contributed by atoms with E-state index in [1.807, 2.05) is 84.1 Å². The maximum atomic E-state index is 14.6. The Balaban J connectivity index is 1.77. The van der Waals surface area contributed by atoms with E-state index >= 15 is 0 Å². The summed E-state index contributed by atoms with van der Waals surface area (Å²) in [7, 11) is 8.10. The summed E-state index contributed by atoms with van der Waals surface area (Å²) in [5.74, 6) is -2.46. The molecule has 1 heterocycles. The highest BCUT2D eigenvalue weighted by molar-refractivity contribution is 5.90. The fraction of sp³-hybridized carbons (Fsp3) is 0.653. The maximum absolute atomic E-state index is 14.6. The Kier molecular flexibility index (Phi) is 21.0. The van der Waals surface area contributed by atoms with Crippen molar-refractivity contribution in [2.45, 2.75) is 130 Å². The zero-order valence-electron chi connectivity index (χ0n) is 39.5. The van der Waals surface area contributed by atoms with Crippen molar-refractivity contribution in [1.29, 1.82) is 0 Å². The van der Waals surface area contributed by atoms with Gasteiger partial charge in [-0.3, -0.25) is 24.1 Å². The smallest absolute Gasteiger partial charge is 0.328 e. The lowest BCUT2D eigenvalue weighted by Gasteiger charge is -2.41. The molecule has 2 N–H and O–H groups in total. The van der Waals surface area contributed by atoms with Crippen LogP contribution in [0.3, 0.4) is 0 Å². The number of hydrogen-bond acceptors (Lipinski definition) is 10. The number of Topliss-reactive ketones (excluding diaryl/α,β-unsaturated/α-hetero) is 1. The second-order valence-corrected chi connectivity index (χ2v) is 18.0. The molecule has 1 aliphatic rings. The van der Waals surface area contributed by atoms with E-state index in [0.29, 0.717) is 25.9 Å². The molecule has 1 saturated heterocycles. The van der Waals surface area contributed by atoms with Crippen molar-refractivity contribution >= 4 is 29.5 Å². The quantitative estimate of drug-likeness (QED) is 0.115. The van der Waals surface area contributed by atoms with Gasteiger partial charge in [0, 0.05) is 53.1 Å². The molecule has 2 aromatic carbocycles. The molecule has 62 heavy (non-hydrogen) atoms. The summed E-state index contributed by atoms with van der Waals surface area (Å²) in [6.45, 7) is 15.0. The van der Waals surface area contributed by atoms with E-state index < -0.39 is 48.1 Å². The molecule has 0 bridgehead atoms. The number of hydrogen-bond donors (Lipinski definition) is 2. The number of rotatable bonds is 25. The molecule has 346 valence electrons. The fourth-order valence-corrected chi connectivity index (χ4v) is 9.24. The number of carbonyl (C=O) groups is 5. The lowest BCUT2D eigenvalue weighted by Crippen LogP contribution is -2.55. The third kappa shape index (κ3) is 14.1. The van der Waals surface area contributed by atoms with Gasteiger partial charge in [0.2, 0.25) is 17.7 Å². The number of ether oxygens (including phenoxy) is 3. The molecule has 13 nitrogen and oxygen atoms in total. The number of nitrogens with zero attached hydrogens (tertiary/aromatic N) is 3. The van der Waals surface area contributed by atoms with E-state index in [9.17, 15) is 29.1 Å². The van der Waals surface area contributed by atoms with Crippen LogP contribution in [0.2, 0.25) is 0 Å². The van der Waals surface area contributed by atoms with Crippen LogP contribution < -0.4 is 5.32 Å². The van der Waals surface area contributed by atoms with E-state index in [1.54, 1.807) is 43.0 Å². The Morgan fingerprint density at radius 2 is 1.50 bits per heavy atom. The number of phenolic OH excluding ortho intramolecular Hbond substituents is 1. The molecule has 1 aliphatic heterocycles. The summed E-state index contributed by atoms with van der Waals surface area (Å²) in [6.07, 6.45) is 1.84. The molecular formula is C49H76N4O9. The highest BCUT2D eigenvalue weighted by Crippen LogP contribution is 2.31. The van der Waals surface area contributed by atoms with Crippen LogP contribution in [0, 0.1) is 29.6 Å². The van der Waals surface area contributed by atoms with Gasteiger partial charge in [-0.25, -0.2) is 4.79 Å². The van der Waals surface area contributed by atoms with Gasteiger partial charge in [0.05, 0.1) is 49.8 Å². The van der Waals surface area contributed by atoms with E-state index in [0.717, 1.165) is 24.0 Å². The number of likely N-dealkylation sites (N-methyl/N-ethyl adjacent to an activating group) is 2. The van der Waals surface area contributed by atoms with Gasteiger partial charge < -0.3 is 34.4 Å². The number of nitrogens with one attached hydrogen (secondary N) is 1. The SMILES string of the molecule is CC[C@H](C)[C@@H]([C@@H](CC(=O)N1CCC[C@H]1[C@H](OC)[C@@H](C)C(=O)N[C@@H](Cc1ccccc1)C(=O)OC)OC)N(C)C(=O)[C@@H](CC(=O)[C@H](C(C)C)N(C)CCc1ccc(O)cc1)C(C)C. The summed E-state index contributed by atoms with van der Waals surface area (Å²) in [4.78, 5) is 75.2. The number of likely N-dealkylation sites (tertiary alicyclic amines) is 1. The van der Waals surface area contributed by atoms with Crippen LogP contribution in [-0.2, 0) is 51.0 Å². The summed E-state index contributed by atoms with van der Waals surface area (Å²) in [6, 6.07) is 14.3. The normalized spacial score (nSPS) is 18.1. The van der Waals surface area contributed by atoms with Gasteiger partial charge in [0.1, 0.15) is 11.8 Å². The number of phenols is 1. The number of ketones is 1. The lowest BCUT2D eigenvalue weighted by molar-refractivity contribution is -0.150. The zero-order chi connectivity index (χ0) is 46.3. The van der Waals surface area contributed by atoms with E-state index in [4.69, 9.17) is 14.2 Å². The van der Waals surface area contributed by atoms with Crippen molar-refractivity contribution in [3.8, 4) is 5.75 Å². The van der Waals surface area contributed by atoms with Crippen LogP contribution in [0.15, 0.2) is 54.6 Å². The standard InChI is InChI=1S/C49H76N4O9/c1-13-33(6)45(52(9)48(58)38(31(2)3)29-41(55)44(32(4)5)51(8)27-25-35-21-23-37(54)24-22-35)42(60-10)30-43(56)53-26-17-20-40(53)46(61-11)34(7)47(57)50-39(49(59)62-12)28-36-18-15-14-16-19-36/h14-16,18-19,21-24,31-34,38-40,42,44-46,54H,13,17,20,25-30H2,1-12H3,(H,50,57)/t33-,34+,38-,39-,40-,42+,44-,45-,46+/m0/s1. The number of benzene rings is 2. The van der Waals surface area contributed by atoms with E-state index in [1.165, 1.54) is 14.2 Å². The zero-order valence-corrected chi connectivity index (χ0v) is 39.5. The Labute approximate surface area is 371 Å². The van der Waals surface area contributed by atoms with E-state index in [2.05, 4.69) is 17.1 Å². The summed E-state index contributed by atoms with van der Waals surface area (Å²) in [5.41, 5.74) is 1.93. The molecule has 0 unspecified atom stereocenters. The van der Waals surface area contributed by atoms with Crippen LogP contribution in [0.1, 0.15) is 91.7 Å². The van der Waals surface area contributed by atoms with Crippen molar-refractivity contribution < 1.29 is 43.3 Å². The number of esters is 1. The van der Waals surface area contributed by atoms with Gasteiger partial charge in [-0.2, -0.15) is 0 Å². The average Bonchev–Trinajstić information content (AvgIpc) is 3.74. The second kappa shape index (κ2) is 25.1. The molecular weight excluding hydrogens is 789 g/mol. The molecule has 0 aromatic heterocycles. The number of methoxy groups -OCH3 is 3. The number of amides is 3. The largest absolute Gasteiger partial charge is 0.508 e. The number of carbonyl (C=O) groups excluding carboxylic acids is 5. The van der Waals surface area contributed by atoms with Gasteiger partial charge in [0.15, 0.2) is 5.78 Å². The van der Waals surface area contributed by atoms with Gasteiger partial charge in [-0.05, 0) is 67.3 Å². The summed E-state index contributed by atoms with van der Waals surface area (Å²) >= 11 is 0. The molecule has 0 spiro atoms. The van der Waals surface area contributed by atoms with Crippen molar-refractivity contribution in [1.82, 2.24) is 20.0 Å². The fourth-order valence-electron chi connectivity index (χ4n) is 9.24. The highest BCUT2D eigenvalue weighted by Gasteiger charge is 2.43. The molecule has 9 atom stereocenters. The summed E-state index contributed by atoms with van der Waals surface area (Å²) < 4.78 is 17.1. The Bertz CT molecular complexity index is 1720. The molecule has 13 heteroatoms. The molecule has 2 aromatic rings. The predicted molar refractivity (Wildman–Crippen MR) is 241 cm³/mol. The molecule has 0 saturated carbocycles. The lowest BCUT2D eigenvalue weighted by atomic mass is 9.83. The van der Waals surface area contributed by atoms with E-state index in [-0.39, 0.29) is 72.3 Å². The first kappa shape index (κ1) is 52.0. The third-order valence-corrected chi connectivity index (χ3v) is 13.0. The topological polar surface area (TPSA) is 155 Å². The molecule has 1 fully saturated rings. The van der Waals surface area contributed by atoms with Crippen molar-refractivity contribution in [2.75, 3.05) is 48.5 Å². The van der Waals surface area contributed by atoms with Crippen LogP contribution in [0.5, 0.6) is 5.75 Å². The molecule has 3 rings (SSSR count).